The SMILES string of the molecule is Cc1nc(SC(C)C(=O)N2CCN(c3ccccc3)CC2)n(CC2CCCO2)c1C. The van der Waals surface area contributed by atoms with Crippen molar-refractivity contribution < 1.29 is 9.53 Å². The van der Waals surface area contributed by atoms with E-state index in [2.05, 4.69) is 40.7 Å². The number of hydrogen-bond acceptors (Lipinski definition) is 5. The molecule has 6 nitrogen and oxygen atoms in total. The number of hydrogen-bond donors (Lipinski definition) is 0. The molecule has 2 atom stereocenters. The van der Waals surface area contributed by atoms with Crippen LogP contribution >= 0.6 is 11.8 Å². The number of carbonyl (C=O) groups is 1. The van der Waals surface area contributed by atoms with Gasteiger partial charge in [0.05, 0.1) is 23.6 Å². The van der Waals surface area contributed by atoms with Crippen molar-refractivity contribution in [1.82, 2.24) is 14.5 Å². The second kappa shape index (κ2) is 9.43. The summed E-state index contributed by atoms with van der Waals surface area (Å²) in [4.78, 5) is 22.2. The Labute approximate surface area is 183 Å². The minimum absolute atomic E-state index is 0.155. The zero-order valence-corrected chi connectivity index (χ0v) is 19.0. The summed E-state index contributed by atoms with van der Waals surface area (Å²) in [5.41, 5.74) is 3.44. The van der Waals surface area contributed by atoms with E-state index >= 15 is 0 Å². The Morgan fingerprint density at radius 1 is 1.20 bits per heavy atom. The number of para-hydroxylation sites is 1. The van der Waals surface area contributed by atoms with Crippen LogP contribution in [0.4, 0.5) is 5.69 Å². The molecule has 2 aromatic rings. The lowest BCUT2D eigenvalue weighted by atomic mass is 10.2. The molecule has 0 N–H and O–H groups in total. The van der Waals surface area contributed by atoms with E-state index in [4.69, 9.17) is 9.72 Å². The van der Waals surface area contributed by atoms with Gasteiger partial charge < -0.3 is 19.1 Å². The Morgan fingerprint density at radius 2 is 1.93 bits per heavy atom. The molecule has 2 saturated heterocycles. The fourth-order valence-corrected chi connectivity index (χ4v) is 5.30. The molecule has 2 aliphatic heterocycles. The monoisotopic (exact) mass is 428 g/mol. The fourth-order valence-electron chi connectivity index (χ4n) is 4.21. The number of amides is 1. The van der Waals surface area contributed by atoms with Gasteiger partial charge in [-0.05, 0) is 45.7 Å². The standard InChI is InChI=1S/C23H32N4O2S/c1-17-18(2)27(16-21-10-7-15-29-21)23(24-17)30-19(3)22(28)26-13-11-25(12-14-26)20-8-5-4-6-9-20/h4-6,8-9,19,21H,7,10-16H2,1-3H3. The van der Waals surface area contributed by atoms with Gasteiger partial charge in [0.2, 0.25) is 5.91 Å². The first-order valence-corrected chi connectivity index (χ1v) is 11.8. The first-order valence-electron chi connectivity index (χ1n) is 10.9. The molecule has 7 heteroatoms. The summed E-state index contributed by atoms with van der Waals surface area (Å²) in [6.07, 6.45) is 2.48. The van der Waals surface area contributed by atoms with Gasteiger partial charge in [0.15, 0.2) is 5.16 Å². The molecule has 0 saturated carbocycles. The molecular formula is C23H32N4O2S. The summed E-state index contributed by atoms with van der Waals surface area (Å²) >= 11 is 1.58. The van der Waals surface area contributed by atoms with Crippen molar-refractivity contribution in [3.8, 4) is 0 Å². The van der Waals surface area contributed by atoms with E-state index < -0.39 is 0 Å². The lowest BCUT2D eigenvalue weighted by molar-refractivity contribution is -0.130. The zero-order valence-electron chi connectivity index (χ0n) is 18.2. The number of benzene rings is 1. The maximum absolute atomic E-state index is 13.1. The number of rotatable bonds is 6. The van der Waals surface area contributed by atoms with Crippen LogP contribution in [-0.2, 0) is 16.1 Å². The summed E-state index contributed by atoms with van der Waals surface area (Å²) in [6.45, 7) is 11.1. The molecular weight excluding hydrogens is 396 g/mol. The maximum Gasteiger partial charge on any atom is 0.236 e. The second-order valence-electron chi connectivity index (χ2n) is 8.22. The van der Waals surface area contributed by atoms with Gasteiger partial charge in [0.1, 0.15) is 0 Å². The number of aromatic nitrogens is 2. The predicted octanol–water partition coefficient (Wildman–Crippen LogP) is 3.51. The maximum atomic E-state index is 13.1. The van der Waals surface area contributed by atoms with Crippen molar-refractivity contribution in [3.05, 3.63) is 41.7 Å². The summed E-state index contributed by atoms with van der Waals surface area (Å²) in [5, 5.41) is 0.780. The van der Waals surface area contributed by atoms with Gasteiger partial charge in [-0.3, -0.25) is 4.79 Å². The largest absolute Gasteiger partial charge is 0.376 e. The number of imidazole rings is 1. The summed E-state index contributed by atoms with van der Waals surface area (Å²) in [6, 6.07) is 10.4. The Bertz CT molecular complexity index is 856. The van der Waals surface area contributed by atoms with E-state index in [-0.39, 0.29) is 17.3 Å². The van der Waals surface area contributed by atoms with Crippen molar-refractivity contribution in [3.63, 3.8) is 0 Å². The van der Waals surface area contributed by atoms with Crippen LogP contribution in [0, 0.1) is 13.8 Å². The normalized spacial score (nSPS) is 20.6. The minimum atomic E-state index is -0.155. The molecule has 0 bridgehead atoms. The molecule has 1 aromatic heterocycles. The van der Waals surface area contributed by atoms with Crippen molar-refractivity contribution in [2.24, 2.45) is 0 Å². The number of piperazine rings is 1. The lowest BCUT2D eigenvalue weighted by Crippen LogP contribution is -2.50. The highest BCUT2D eigenvalue weighted by Crippen LogP contribution is 2.28. The van der Waals surface area contributed by atoms with Gasteiger partial charge in [-0.1, -0.05) is 30.0 Å². The van der Waals surface area contributed by atoms with Crippen LogP contribution in [0.15, 0.2) is 35.5 Å². The molecule has 30 heavy (non-hydrogen) atoms. The second-order valence-corrected chi connectivity index (χ2v) is 9.53. The van der Waals surface area contributed by atoms with E-state index in [1.807, 2.05) is 24.8 Å². The molecule has 0 spiro atoms. The molecule has 2 fully saturated rings. The number of aryl methyl sites for hydroxylation is 1. The third-order valence-electron chi connectivity index (χ3n) is 6.18. The molecule has 2 aliphatic rings. The molecule has 0 aliphatic carbocycles. The van der Waals surface area contributed by atoms with E-state index in [1.54, 1.807) is 11.8 Å². The van der Waals surface area contributed by atoms with Crippen LogP contribution in [0.1, 0.15) is 31.2 Å². The first-order chi connectivity index (χ1) is 14.5. The molecule has 0 radical (unpaired) electrons. The average Bonchev–Trinajstić information content (AvgIpc) is 3.38. The van der Waals surface area contributed by atoms with Crippen molar-refractivity contribution in [2.75, 3.05) is 37.7 Å². The van der Waals surface area contributed by atoms with Gasteiger partial charge in [-0.15, -0.1) is 0 Å². The Kier molecular flexibility index (Phi) is 6.68. The van der Waals surface area contributed by atoms with Crippen LogP contribution in [0.2, 0.25) is 0 Å². The van der Waals surface area contributed by atoms with Gasteiger partial charge in [0.25, 0.3) is 0 Å². The molecule has 162 valence electrons. The fraction of sp³-hybridized carbons (Fsp3) is 0.565. The highest BCUT2D eigenvalue weighted by molar-refractivity contribution is 8.00. The number of ether oxygens (including phenoxy) is 1. The first kappa shape index (κ1) is 21.2. The highest BCUT2D eigenvalue weighted by atomic mass is 32.2. The molecule has 4 rings (SSSR count). The lowest BCUT2D eigenvalue weighted by Gasteiger charge is -2.37. The number of thioether (sulfide) groups is 1. The van der Waals surface area contributed by atoms with Crippen LogP contribution < -0.4 is 4.90 Å². The van der Waals surface area contributed by atoms with Crippen molar-refractivity contribution in [1.29, 1.82) is 0 Å². The third kappa shape index (κ3) is 4.67. The molecule has 1 amide bonds. The van der Waals surface area contributed by atoms with Gasteiger partial charge in [-0.2, -0.15) is 0 Å². The number of carbonyl (C=O) groups excluding carboxylic acids is 1. The molecule has 2 unspecified atom stereocenters. The van der Waals surface area contributed by atoms with Gasteiger partial charge in [0, 0.05) is 44.2 Å². The van der Waals surface area contributed by atoms with Crippen LogP contribution in [-0.4, -0.2) is 64.5 Å². The van der Waals surface area contributed by atoms with Crippen LogP contribution in [0.5, 0.6) is 0 Å². The smallest absolute Gasteiger partial charge is 0.236 e. The molecule has 3 heterocycles. The van der Waals surface area contributed by atoms with E-state index in [0.29, 0.717) is 0 Å². The van der Waals surface area contributed by atoms with Crippen molar-refractivity contribution in [2.45, 2.75) is 56.7 Å². The average molecular weight is 429 g/mol. The topological polar surface area (TPSA) is 50.6 Å². The minimum Gasteiger partial charge on any atom is -0.376 e. The Balaban J connectivity index is 1.36. The number of nitrogens with zero attached hydrogens (tertiary/aromatic N) is 4. The number of anilines is 1. The highest BCUT2D eigenvalue weighted by Gasteiger charge is 2.28. The third-order valence-corrected chi connectivity index (χ3v) is 7.25. The van der Waals surface area contributed by atoms with E-state index in [9.17, 15) is 4.79 Å². The van der Waals surface area contributed by atoms with E-state index in [1.165, 1.54) is 11.4 Å². The quantitative estimate of drug-likeness (QED) is 0.659. The van der Waals surface area contributed by atoms with Crippen LogP contribution in [0.3, 0.4) is 0 Å². The Morgan fingerprint density at radius 3 is 2.60 bits per heavy atom. The van der Waals surface area contributed by atoms with Gasteiger partial charge in [-0.25, -0.2) is 4.98 Å². The van der Waals surface area contributed by atoms with Crippen LogP contribution in [0.25, 0.3) is 0 Å². The predicted molar refractivity (Wildman–Crippen MR) is 121 cm³/mol. The van der Waals surface area contributed by atoms with E-state index in [0.717, 1.165) is 63.0 Å². The van der Waals surface area contributed by atoms with Crippen molar-refractivity contribution >= 4 is 23.4 Å². The Hall–Kier alpha value is -1.99. The zero-order chi connectivity index (χ0) is 21.1. The summed E-state index contributed by atoms with van der Waals surface area (Å²) in [5.74, 6) is 0.203. The molecule has 1 aromatic carbocycles. The van der Waals surface area contributed by atoms with Gasteiger partial charge >= 0.3 is 0 Å². The summed E-state index contributed by atoms with van der Waals surface area (Å²) < 4.78 is 8.08. The summed E-state index contributed by atoms with van der Waals surface area (Å²) in [7, 11) is 0.